The molecule has 1 aliphatic rings. The predicted octanol–water partition coefficient (Wildman–Crippen LogP) is 1.17. The number of nitrogens with one attached hydrogen (secondary N) is 3. The lowest BCUT2D eigenvalue weighted by atomic mass is 9.91. The Kier molecular flexibility index (Phi) is 9.39. The van der Waals surface area contributed by atoms with Gasteiger partial charge in [-0.15, -0.1) is 0 Å². The number of nitrogens with zero attached hydrogens (tertiary/aromatic N) is 1. The molecule has 0 aromatic rings. The van der Waals surface area contributed by atoms with Crippen molar-refractivity contribution in [2.24, 2.45) is 5.41 Å². The van der Waals surface area contributed by atoms with Gasteiger partial charge in [0.1, 0.15) is 6.04 Å². The molecule has 0 bridgehead atoms. The highest BCUT2D eigenvalue weighted by Gasteiger charge is 2.43. The van der Waals surface area contributed by atoms with E-state index in [2.05, 4.69) is 20.7 Å². The van der Waals surface area contributed by atoms with Crippen LogP contribution in [0.25, 0.3) is 0 Å². The topological polar surface area (TPSA) is 117 Å². The van der Waals surface area contributed by atoms with E-state index in [0.29, 0.717) is 25.8 Å². The van der Waals surface area contributed by atoms with Gasteiger partial charge in [-0.05, 0) is 32.1 Å². The molecule has 29 heavy (non-hydrogen) atoms. The SMILES string of the molecule is COC(=O)CCCNC(=O)C1C(NC(=O)NC(C)C)CCN1C(=O)CC(C)(C)C. The summed E-state index contributed by atoms with van der Waals surface area (Å²) >= 11 is 0. The first kappa shape index (κ1) is 24.7. The molecular weight excluding hydrogens is 376 g/mol. The van der Waals surface area contributed by atoms with Gasteiger partial charge in [0.15, 0.2) is 0 Å². The number of amides is 4. The van der Waals surface area contributed by atoms with Crippen molar-refractivity contribution >= 4 is 23.8 Å². The number of carbonyl (C=O) groups is 4. The number of rotatable bonds is 8. The largest absolute Gasteiger partial charge is 0.469 e. The van der Waals surface area contributed by atoms with Crippen LogP contribution in [-0.4, -0.2) is 67.0 Å². The van der Waals surface area contributed by atoms with Gasteiger partial charge in [0.25, 0.3) is 0 Å². The Morgan fingerprint density at radius 3 is 2.38 bits per heavy atom. The molecule has 1 aliphatic heterocycles. The highest BCUT2D eigenvalue weighted by molar-refractivity contribution is 5.90. The lowest BCUT2D eigenvalue weighted by Gasteiger charge is -2.30. The van der Waals surface area contributed by atoms with E-state index in [9.17, 15) is 19.2 Å². The van der Waals surface area contributed by atoms with E-state index in [4.69, 9.17) is 0 Å². The van der Waals surface area contributed by atoms with Crippen LogP contribution in [0.5, 0.6) is 0 Å². The first-order valence-corrected chi connectivity index (χ1v) is 10.2. The zero-order valence-electron chi connectivity index (χ0n) is 18.5. The van der Waals surface area contributed by atoms with Crippen LogP contribution in [0.15, 0.2) is 0 Å². The van der Waals surface area contributed by atoms with Crippen molar-refractivity contribution in [2.75, 3.05) is 20.2 Å². The van der Waals surface area contributed by atoms with E-state index in [1.807, 2.05) is 34.6 Å². The monoisotopic (exact) mass is 412 g/mol. The normalized spacial score (nSPS) is 19.1. The molecule has 3 N–H and O–H groups in total. The summed E-state index contributed by atoms with van der Waals surface area (Å²) in [6.07, 6.45) is 1.45. The predicted molar refractivity (Wildman–Crippen MR) is 109 cm³/mol. The van der Waals surface area contributed by atoms with Gasteiger partial charge in [-0.3, -0.25) is 14.4 Å². The van der Waals surface area contributed by atoms with Gasteiger partial charge in [-0.2, -0.15) is 0 Å². The Balaban J connectivity index is 2.82. The van der Waals surface area contributed by atoms with Gasteiger partial charge in [0, 0.05) is 32.0 Å². The number of ether oxygens (including phenoxy) is 1. The average Bonchev–Trinajstić information content (AvgIpc) is 2.99. The van der Waals surface area contributed by atoms with Gasteiger partial charge >= 0.3 is 12.0 Å². The summed E-state index contributed by atoms with van der Waals surface area (Å²) in [6, 6.07) is -1.65. The molecule has 0 aromatic heterocycles. The van der Waals surface area contributed by atoms with E-state index in [0.717, 1.165) is 0 Å². The number of hydrogen-bond donors (Lipinski definition) is 3. The molecule has 0 spiro atoms. The molecule has 1 saturated heterocycles. The quantitative estimate of drug-likeness (QED) is 0.409. The third-order valence-electron chi connectivity index (χ3n) is 4.49. The van der Waals surface area contributed by atoms with Crippen LogP contribution in [0, 0.1) is 5.41 Å². The molecule has 0 saturated carbocycles. The molecule has 4 amide bonds. The Labute approximate surface area is 173 Å². The summed E-state index contributed by atoms with van der Waals surface area (Å²) in [4.78, 5) is 50.6. The Morgan fingerprint density at radius 1 is 1.17 bits per heavy atom. The molecule has 1 heterocycles. The minimum absolute atomic E-state index is 0.0411. The van der Waals surface area contributed by atoms with E-state index >= 15 is 0 Å². The van der Waals surface area contributed by atoms with Crippen molar-refractivity contribution in [3.8, 4) is 0 Å². The minimum Gasteiger partial charge on any atom is -0.469 e. The van der Waals surface area contributed by atoms with Crippen LogP contribution in [-0.2, 0) is 19.1 Å². The average molecular weight is 413 g/mol. The van der Waals surface area contributed by atoms with Crippen LogP contribution in [0.4, 0.5) is 4.79 Å². The van der Waals surface area contributed by atoms with Crippen LogP contribution in [0.2, 0.25) is 0 Å². The van der Waals surface area contributed by atoms with Crippen molar-refractivity contribution < 1.29 is 23.9 Å². The summed E-state index contributed by atoms with van der Waals surface area (Å²) in [5, 5.41) is 8.36. The number of urea groups is 1. The second-order valence-electron chi connectivity index (χ2n) is 8.91. The molecule has 0 radical (unpaired) electrons. The molecule has 166 valence electrons. The van der Waals surface area contributed by atoms with Crippen molar-refractivity contribution in [2.45, 2.75) is 78.4 Å². The Hall–Kier alpha value is -2.32. The number of carbonyl (C=O) groups excluding carboxylic acids is 4. The van der Waals surface area contributed by atoms with Gasteiger partial charge in [-0.25, -0.2) is 4.79 Å². The first-order chi connectivity index (χ1) is 13.4. The highest BCUT2D eigenvalue weighted by Crippen LogP contribution is 2.25. The maximum absolute atomic E-state index is 12.9. The van der Waals surface area contributed by atoms with E-state index in [1.54, 1.807) is 4.90 Å². The third-order valence-corrected chi connectivity index (χ3v) is 4.49. The summed E-state index contributed by atoms with van der Waals surface area (Å²) < 4.78 is 4.59. The van der Waals surface area contributed by atoms with Gasteiger partial charge in [0.2, 0.25) is 11.8 Å². The third kappa shape index (κ3) is 8.70. The molecule has 2 unspecified atom stereocenters. The maximum Gasteiger partial charge on any atom is 0.315 e. The van der Waals surface area contributed by atoms with Crippen LogP contribution < -0.4 is 16.0 Å². The smallest absolute Gasteiger partial charge is 0.315 e. The molecule has 0 aliphatic carbocycles. The van der Waals surface area contributed by atoms with Crippen LogP contribution in [0.3, 0.4) is 0 Å². The zero-order valence-corrected chi connectivity index (χ0v) is 18.5. The van der Waals surface area contributed by atoms with Gasteiger partial charge in [0.05, 0.1) is 13.2 Å². The molecular formula is C20H36N4O5. The van der Waals surface area contributed by atoms with Crippen molar-refractivity contribution in [1.82, 2.24) is 20.9 Å². The van der Waals surface area contributed by atoms with Crippen molar-refractivity contribution in [1.29, 1.82) is 0 Å². The summed E-state index contributed by atoms with van der Waals surface area (Å²) in [5.41, 5.74) is -0.209. The van der Waals surface area contributed by atoms with Gasteiger partial charge < -0.3 is 25.6 Å². The number of esters is 1. The number of likely N-dealkylation sites (tertiary alicyclic amines) is 1. The molecule has 1 rings (SSSR count). The molecule has 0 aromatic carbocycles. The first-order valence-electron chi connectivity index (χ1n) is 10.2. The number of methoxy groups -OCH3 is 1. The van der Waals surface area contributed by atoms with Crippen LogP contribution >= 0.6 is 0 Å². The minimum atomic E-state index is -0.777. The summed E-state index contributed by atoms with van der Waals surface area (Å²) in [6.45, 7) is 10.3. The van der Waals surface area contributed by atoms with E-state index in [-0.39, 0.29) is 48.2 Å². The van der Waals surface area contributed by atoms with Gasteiger partial charge in [-0.1, -0.05) is 20.8 Å². The molecule has 1 fully saturated rings. The van der Waals surface area contributed by atoms with Crippen LogP contribution in [0.1, 0.15) is 60.3 Å². The van der Waals surface area contributed by atoms with Crippen molar-refractivity contribution in [3.63, 3.8) is 0 Å². The van der Waals surface area contributed by atoms with E-state index in [1.165, 1.54) is 7.11 Å². The maximum atomic E-state index is 12.9. The second-order valence-corrected chi connectivity index (χ2v) is 8.91. The molecule has 9 nitrogen and oxygen atoms in total. The lowest BCUT2D eigenvalue weighted by molar-refractivity contribution is -0.141. The fraction of sp³-hybridized carbons (Fsp3) is 0.800. The molecule has 9 heteroatoms. The summed E-state index contributed by atoms with van der Waals surface area (Å²) in [5.74, 6) is -0.780. The Bertz CT molecular complexity index is 600. The standard InChI is InChI=1S/C20H36N4O5/c1-13(2)22-19(28)23-14-9-11-24(15(25)12-20(3,4)5)17(14)18(27)21-10-7-8-16(26)29-6/h13-14,17H,7-12H2,1-6H3,(H,21,27)(H2,22,23,28). The van der Waals surface area contributed by atoms with E-state index < -0.39 is 12.1 Å². The second kappa shape index (κ2) is 11.0. The fourth-order valence-electron chi connectivity index (χ4n) is 3.23. The highest BCUT2D eigenvalue weighted by atomic mass is 16.5. The van der Waals surface area contributed by atoms with Crippen molar-refractivity contribution in [3.05, 3.63) is 0 Å². The zero-order chi connectivity index (χ0) is 22.2. The Morgan fingerprint density at radius 2 is 1.83 bits per heavy atom. The fourth-order valence-corrected chi connectivity index (χ4v) is 3.23. The summed E-state index contributed by atoms with van der Waals surface area (Å²) in [7, 11) is 1.32. The lowest BCUT2D eigenvalue weighted by Crippen LogP contribution is -2.56. The molecule has 2 atom stereocenters. The number of hydrogen-bond acceptors (Lipinski definition) is 5.